The molecule has 1 aliphatic rings. The van der Waals surface area contributed by atoms with Crippen LogP contribution in [0.5, 0.6) is 0 Å². The number of aromatic nitrogens is 2. The molecule has 8 heteroatoms. The number of carbonyl (C=O) groups is 2. The molecule has 2 heterocycles. The summed E-state index contributed by atoms with van der Waals surface area (Å²) in [6.45, 7) is 0.0243. The molecule has 1 fully saturated rings. The minimum atomic E-state index is -1.04. The standard InChI is InChI=1S/C23H21FN4O3/c24-19-13-25-23(26-18-9-10-28(14-21(30)31)20(29)12-18)27-22(19)17-8-4-7-16(11-17)15-5-2-1-3-6-15/h1-8,11,13,18H,9-10,12,14H2,(H,30,31)(H,25,26,27). The molecule has 7 nitrogen and oxygen atoms in total. The first-order valence-corrected chi connectivity index (χ1v) is 9.94. The minimum absolute atomic E-state index is 0.132. The van der Waals surface area contributed by atoms with Crippen molar-refractivity contribution >= 4 is 17.8 Å². The van der Waals surface area contributed by atoms with Crippen LogP contribution >= 0.6 is 0 Å². The molecule has 0 aliphatic carbocycles. The van der Waals surface area contributed by atoms with Gasteiger partial charge in [-0.05, 0) is 23.6 Å². The van der Waals surface area contributed by atoms with E-state index in [0.29, 0.717) is 18.5 Å². The molecule has 0 saturated carbocycles. The molecule has 2 aromatic carbocycles. The first kappa shape index (κ1) is 20.5. The normalized spacial score (nSPS) is 16.2. The second-order valence-electron chi connectivity index (χ2n) is 7.38. The Hall–Kier alpha value is -3.81. The summed E-state index contributed by atoms with van der Waals surface area (Å²) < 4.78 is 14.5. The topological polar surface area (TPSA) is 95.4 Å². The number of aliphatic carboxylic acids is 1. The number of rotatable bonds is 6. The lowest BCUT2D eigenvalue weighted by molar-refractivity contribution is -0.145. The number of nitrogens with one attached hydrogen (secondary N) is 1. The molecule has 158 valence electrons. The molecule has 31 heavy (non-hydrogen) atoms. The molecule has 0 spiro atoms. The van der Waals surface area contributed by atoms with E-state index in [4.69, 9.17) is 5.11 Å². The smallest absolute Gasteiger partial charge is 0.323 e. The fourth-order valence-corrected chi connectivity index (χ4v) is 3.63. The van der Waals surface area contributed by atoms with Crippen molar-refractivity contribution in [1.29, 1.82) is 0 Å². The third-order valence-electron chi connectivity index (χ3n) is 5.17. The van der Waals surface area contributed by atoms with Crippen LogP contribution in [0.1, 0.15) is 12.8 Å². The Balaban J connectivity index is 1.52. The number of anilines is 1. The minimum Gasteiger partial charge on any atom is -0.480 e. The lowest BCUT2D eigenvalue weighted by Gasteiger charge is -2.31. The van der Waals surface area contributed by atoms with Gasteiger partial charge in [0.1, 0.15) is 12.2 Å². The van der Waals surface area contributed by atoms with Crippen LogP contribution in [0.4, 0.5) is 10.3 Å². The molecule has 1 aromatic heterocycles. The molecule has 1 unspecified atom stereocenters. The van der Waals surface area contributed by atoms with Crippen LogP contribution < -0.4 is 5.32 Å². The predicted octanol–water partition coefficient (Wildman–Crippen LogP) is 3.44. The van der Waals surface area contributed by atoms with Gasteiger partial charge in [0.2, 0.25) is 11.9 Å². The van der Waals surface area contributed by atoms with Gasteiger partial charge in [0.15, 0.2) is 5.82 Å². The van der Waals surface area contributed by atoms with Gasteiger partial charge in [-0.3, -0.25) is 9.59 Å². The van der Waals surface area contributed by atoms with E-state index < -0.39 is 11.8 Å². The van der Waals surface area contributed by atoms with Crippen molar-refractivity contribution in [2.45, 2.75) is 18.9 Å². The summed E-state index contributed by atoms with van der Waals surface area (Å²) >= 11 is 0. The molecule has 3 aromatic rings. The predicted molar refractivity (Wildman–Crippen MR) is 114 cm³/mol. The number of carbonyl (C=O) groups excluding carboxylic acids is 1. The number of carboxylic acids is 1. The zero-order valence-corrected chi connectivity index (χ0v) is 16.7. The molecule has 1 aliphatic heterocycles. The molecule has 0 radical (unpaired) electrons. The number of benzene rings is 2. The van der Waals surface area contributed by atoms with Gasteiger partial charge in [-0.15, -0.1) is 0 Å². The van der Waals surface area contributed by atoms with Gasteiger partial charge >= 0.3 is 5.97 Å². The molecule has 0 bridgehead atoms. The number of hydrogen-bond acceptors (Lipinski definition) is 5. The largest absolute Gasteiger partial charge is 0.480 e. The Bertz CT molecular complexity index is 1110. The Morgan fingerprint density at radius 2 is 1.87 bits per heavy atom. The highest BCUT2D eigenvalue weighted by Crippen LogP contribution is 2.27. The Morgan fingerprint density at radius 1 is 1.13 bits per heavy atom. The van der Waals surface area contributed by atoms with Crippen molar-refractivity contribution < 1.29 is 19.1 Å². The van der Waals surface area contributed by atoms with Crippen LogP contribution in [-0.4, -0.2) is 51.0 Å². The van der Waals surface area contributed by atoms with E-state index in [2.05, 4.69) is 15.3 Å². The van der Waals surface area contributed by atoms with Crippen molar-refractivity contribution in [3.05, 3.63) is 66.6 Å². The molecule has 1 amide bonds. The van der Waals surface area contributed by atoms with Crippen LogP contribution in [0.2, 0.25) is 0 Å². The van der Waals surface area contributed by atoms with Crippen LogP contribution in [0.25, 0.3) is 22.4 Å². The number of carboxylic acid groups (broad SMARTS) is 1. The Morgan fingerprint density at radius 3 is 2.61 bits per heavy atom. The van der Waals surface area contributed by atoms with Crippen LogP contribution in [0.15, 0.2) is 60.8 Å². The second kappa shape index (κ2) is 8.91. The van der Waals surface area contributed by atoms with Crippen molar-refractivity contribution in [2.75, 3.05) is 18.4 Å². The van der Waals surface area contributed by atoms with Gasteiger partial charge in [0, 0.05) is 24.6 Å². The first-order valence-electron chi connectivity index (χ1n) is 9.94. The van der Waals surface area contributed by atoms with E-state index in [1.165, 1.54) is 4.90 Å². The maximum Gasteiger partial charge on any atom is 0.323 e. The van der Waals surface area contributed by atoms with E-state index in [-0.39, 0.29) is 36.6 Å². The van der Waals surface area contributed by atoms with Gasteiger partial charge < -0.3 is 15.3 Å². The highest BCUT2D eigenvalue weighted by Gasteiger charge is 2.27. The number of piperidine rings is 1. The third-order valence-corrected chi connectivity index (χ3v) is 5.17. The summed E-state index contributed by atoms with van der Waals surface area (Å²) in [4.78, 5) is 32.7. The fourth-order valence-electron chi connectivity index (χ4n) is 3.63. The van der Waals surface area contributed by atoms with Gasteiger partial charge in [0.05, 0.1) is 6.20 Å². The summed E-state index contributed by atoms with van der Waals surface area (Å²) in [6, 6.07) is 17.0. The van der Waals surface area contributed by atoms with Crippen molar-refractivity contribution in [2.24, 2.45) is 0 Å². The number of nitrogens with zero attached hydrogens (tertiary/aromatic N) is 3. The maximum absolute atomic E-state index is 14.5. The average Bonchev–Trinajstić information content (AvgIpc) is 2.77. The van der Waals surface area contributed by atoms with Gasteiger partial charge in [-0.25, -0.2) is 14.4 Å². The summed E-state index contributed by atoms with van der Waals surface area (Å²) in [5.74, 6) is -1.60. The Labute approximate surface area is 178 Å². The van der Waals surface area contributed by atoms with Crippen molar-refractivity contribution in [1.82, 2.24) is 14.9 Å². The second-order valence-corrected chi connectivity index (χ2v) is 7.38. The summed E-state index contributed by atoms with van der Waals surface area (Å²) in [6.07, 6.45) is 1.80. The number of likely N-dealkylation sites (tertiary alicyclic amines) is 1. The highest BCUT2D eigenvalue weighted by atomic mass is 19.1. The lowest BCUT2D eigenvalue weighted by atomic mass is 10.0. The number of amides is 1. The van der Waals surface area contributed by atoms with E-state index in [1.807, 2.05) is 48.5 Å². The van der Waals surface area contributed by atoms with E-state index in [0.717, 1.165) is 17.3 Å². The SMILES string of the molecule is O=C(O)CN1CCC(Nc2ncc(F)c(-c3cccc(-c4ccccc4)c3)n2)CC1=O. The monoisotopic (exact) mass is 420 g/mol. The van der Waals surface area contributed by atoms with Gasteiger partial charge in [-0.2, -0.15) is 0 Å². The quantitative estimate of drug-likeness (QED) is 0.634. The summed E-state index contributed by atoms with van der Waals surface area (Å²) in [7, 11) is 0. The zero-order chi connectivity index (χ0) is 21.8. The van der Waals surface area contributed by atoms with Gasteiger partial charge in [-0.1, -0.05) is 48.5 Å². The van der Waals surface area contributed by atoms with Crippen LogP contribution in [0.3, 0.4) is 0 Å². The van der Waals surface area contributed by atoms with Gasteiger partial charge in [0.25, 0.3) is 0 Å². The van der Waals surface area contributed by atoms with Crippen molar-refractivity contribution in [3.63, 3.8) is 0 Å². The van der Waals surface area contributed by atoms with Crippen LogP contribution in [0, 0.1) is 5.82 Å². The molecule has 1 atom stereocenters. The summed E-state index contributed by atoms with van der Waals surface area (Å²) in [5.41, 5.74) is 2.76. The Kier molecular flexibility index (Phi) is 5.88. The number of hydrogen-bond donors (Lipinski definition) is 2. The first-order chi connectivity index (χ1) is 15.0. The average molecular weight is 420 g/mol. The fraction of sp³-hybridized carbons (Fsp3) is 0.217. The van der Waals surface area contributed by atoms with Crippen LogP contribution in [-0.2, 0) is 9.59 Å². The van der Waals surface area contributed by atoms with E-state index in [1.54, 1.807) is 6.07 Å². The zero-order valence-electron chi connectivity index (χ0n) is 16.7. The molecule has 4 rings (SSSR count). The van der Waals surface area contributed by atoms with Crippen molar-refractivity contribution in [3.8, 4) is 22.4 Å². The molecular formula is C23H21FN4O3. The maximum atomic E-state index is 14.5. The molecule has 2 N–H and O–H groups in total. The molecule has 1 saturated heterocycles. The third kappa shape index (κ3) is 4.85. The number of halogens is 1. The van der Waals surface area contributed by atoms with E-state index in [9.17, 15) is 14.0 Å². The lowest BCUT2D eigenvalue weighted by Crippen LogP contribution is -2.45. The molecular weight excluding hydrogens is 399 g/mol. The summed E-state index contributed by atoms with van der Waals surface area (Å²) in [5, 5.41) is 12.0. The highest BCUT2D eigenvalue weighted by molar-refractivity contribution is 5.82. The van der Waals surface area contributed by atoms with E-state index >= 15 is 0 Å².